The van der Waals surface area contributed by atoms with Crippen molar-refractivity contribution >= 4 is 0 Å². The molecule has 1 nitrogen and oxygen atoms in total. The molecule has 2 aromatic rings. The van der Waals surface area contributed by atoms with Crippen LogP contribution in [0.25, 0.3) is 0 Å². The van der Waals surface area contributed by atoms with Crippen LogP contribution in [0.15, 0.2) is 48.5 Å². The van der Waals surface area contributed by atoms with E-state index < -0.39 is 0 Å². The fourth-order valence-corrected chi connectivity index (χ4v) is 4.21. The van der Waals surface area contributed by atoms with E-state index in [-0.39, 0.29) is 0 Å². The maximum absolute atomic E-state index is 3.75. The number of hydrogen-bond acceptors (Lipinski definition) is 1. The van der Waals surface area contributed by atoms with Gasteiger partial charge in [0.1, 0.15) is 0 Å². The Kier molecular flexibility index (Phi) is 2.89. The normalized spacial score (nSPS) is 27.9. The molecule has 1 aliphatic carbocycles. The molecule has 102 valence electrons. The Morgan fingerprint density at radius 2 is 1.85 bits per heavy atom. The minimum absolute atomic E-state index is 0.561. The zero-order chi connectivity index (χ0) is 13.5. The van der Waals surface area contributed by atoms with Gasteiger partial charge in [-0.15, -0.1) is 0 Å². The predicted molar refractivity (Wildman–Crippen MR) is 82.9 cm³/mol. The van der Waals surface area contributed by atoms with Gasteiger partial charge in [0, 0.05) is 12.0 Å². The predicted octanol–water partition coefficient (Wildman–Crippen LogP) is 4.18. The average Bonchev–Trinajstić information content (AvgIpc) is 2.82. The zero-order valence-electron chi connectivity index (χ0n) is 12.0. The largest absolute Gasteiger partial charge is 0.310 e. The van der Waals surface area contributed by atoms with Crippen molar-refractivity contribution in [3.63, 3.8) is 0 Å². The molecule has 0 radical (unpaired) electrons. The highest BCUT2D eigenvalue weighted by Crippen LogP contribution is 2.51. The summed E-state index contributed by atoms with van der Waals surface area (Å²) < 4.78 is 0. The molecule has 3 atom stereocenters. The Hall–Kier alpha value is -1.60. The Morgan fingerprint density at radius 1 is 1.00 bits per heavy atom. The summed E-state index contributed by atoms with van der Waals surface area (Å²) in [5.74, 6) is 1.30. The van der Waals surface area contributed by atoms with Crippen LogP contribution >= 0.6 is 0 Å². The highest BCUT2D eigenvalue weighted by Gasteiger charge is 2.41. The number of piperidine rings is 1. The molecule has 1 heterocycles. The van der Waals surface area contributed by atoms with Crippen molar-refractivity contribution in [3.8, 4) is 0 Å². The number of aryl methyl sites for hydroxylation is 1. The molecule has 0 aromatic heterocycles. The van der Waals surface area contributed by atoms with E-state index in [0.717, 1.165) is 12.5 Å². The van der Waals surface area contributed by atoms with Crippen LogP contribution in [0, 0.1) is 12.8 Å². The Bertz CT molecular complexity index is 631. The van der Waals surface area contributed by atoms with E-state index in [1.807, 2.05) is 0 Å². The summed E-state index contributed by atoms with van der Waals surface area (Å²) in [6.45, 7) is 3.36. The SMILES string of the molecule is Cc1cccc([C@H]2c3ccccc3[C@@H]3NCCC[C@H]23)c1. The van der Waals surface area contributed by atoms with Crippen molar-refractivity contribution in [1.82, 2.24) is 5.32 Å². The molecule has 2 aliphatic rings. The number of benzene rings is 2. The van der Waals surface area contributed by atoms with E-state index in [0.29, 0.717) is 12.0 Å². The van der Waals surface area contributed by atoms with Gasteiger partial charge in [-0.25, -0.2) is 0 Å². The Balaban J connectivity index is 1.85. The molecule has 0 bridgehead atoms. The smallest absolute Gasteiger partial charge is 0.0360 e. The molecule has 0 amide bonds. The molecule has 1 aliphatic heterocycles. The molecule has 1 saturated heterocycles. The van der Waals surface area contributed by atoms with Crippen molar-refractivity contribution in [3.05, 3.63) is 70.8 Å². The molecule has 1 fully saturated rings. The maximum Gasteiger partial charge on any atom is 0.0360 e. The van der Waals surface area contributed by atoms with E-state index in [2.05, 4.69) is 60.8 Å². The van der Waals surface area contributed by atoms with E-state index in [1.54, 1.807) is 5.56 Å². The first-order chi connectivity index (χ1) is 9.84. The summed E-state index contributed by atoms with van der Waals surface area (Å²) in [7, 11) is 0. The minimum Gasteiger partial charge on any atom is -0.310 e. The number of fused-ring (bicyclic) bond motifs is 3. The van der Waals surface area contributed by atoms with Gasteiger partial charge in [-0.1, -0.05) is 54.1 Å². The van der Waals surface area contributed by atoms with Gasteiger partial charge in [0.15, 0.2) is 0 Å². The molecule has 4 rings (SSSR count). The molecular formula is C19H21N. The van der Waals surface area contributed by atoms with E-state index in [4.69, 9.17) is 0 Å². The van der Waals surface area contributed by atoms with Crippen LogP contribution in [0.3, 0.4) is 0 Å². The summed E-state index contributed by atoms with van der Waals surface area (Å²) in [5, 5.41) is 3.75. The molecule has 0 unspecified atom stereocenters. The molecule has 20 heavy (non-hydrogen) atoms. The quantitative estimate of drug-likeness (QED) is 0.814. The lowest BCUT2D eigenvalue weighted by molar-refractivity contribution is 0.287. The summed E-state index contributed by atoms with van der Waals surface area (Å²) in [6.07, 6.45) is 2.64. The lowest BCUT2D eigenvalue weighted by Gasteiger charge is -2.31. The average molecular weight is 263 g/mol. The van der Waals surface area contributed by atoms with Crippen LogP contribution in [-0.2, 0) is 0 Å². The topological polar surface area (TPSA) is 12.0 Å². The maximum atomic E-state index is 3.75. The first-order valence-electron chi connectivity index (χ1n) is 7.73. The van der Waals surface area contributed by atoms with E-state index in [1.165, 1.54) is 29.5 Å². The first-order valence-corrected chi connectivity index (χ1v) is 7.73. The van der Waals surface area contributed by atoms with Gasteiger partial charge in [-0.3, -0.25) is 0 Å². The van der Waals surface area contributed by atoms with Crippen LogP contribution < -0.4 is 5.32 Å². The third kappa shape index (κ3) is 1.81. The van der Waals surface area contributed by atoms with Gasteiger partial charge in [-0.2, -0.15) is 0 Å². The fourth-order valence-electron chi connectivity index (χ4n) is 4.21. The number of nitrogens with one attached hydrogen (secondary N) is 1. The second-order valence-electron chi connectivity index (χ2n) is 6.26. The van der Waals surface area contributed by atoms with Crippen LogP contribution in [0.5, 0.6) is 0 Å². The molecule has 2 aromatic carbocycles. The van der Waals surface area contributed by atoms with E-state index >= 15 is 0 Å². The lowest BCUT2D eigenvalue weighted by Crippen LogP contribution is -2.32. The zero-order valence-corrected chi connectivity index (χ0v) is 12.0. The monoisotopic (exact) mass is 263 g/mol. The van der Waals surface area contributed by atoms with Crippen LogP contribution in [-0.4, -0.2) is 6.54 Å². The van der Waals surface area contributed by atoms with Crippen molar-refractivity contribution in [2.24, 2.45) is 5.92 Å². The summed E-state index contributed by atoms with van der Waals surface area (Å²) >= 11 is 0. The number of rotatable bonds is 1. The first kappa shape index (κ1) is 12.2. The van der Waals surface area contributed by atoms with Crippen LogP contribution in [0.4, 0.5) is 0 Å². The Labute approximate surface area is 121 Å². The van der Waals surface area contributed by atoms with Gasteiger partial charge >= 0.3 is 0 Å². The molecule has 1 heteroatoms. The second-order valence-corrected chi connectivity index (χ2v) is 6.26. The summed E-state index contributed by atoms with van der Waals surface area (Å²) in [5.41, 5.74) is 5.94. The van der Waals surface area contributed by atoms with Crippen molar-refractivity contribution < 1.29 is 0 Å². The second kappa shape index (κ2) is 4.75. The van der Waals surface area contributed by atoms with Gasteiger partial charge in [0.05, 0.1) is 0 Å². The van der Waals surface area contributed by atoms with Crippen molar-refractivity contribution in [1.29, 1.82) is 0 Å². The van der Waals surface area contributed by atoms with Crippen molar-refractivity contribution in [2.75, 3.05) is 6.54 Å². The lowest BCUT2D eigenvalue weighted by atomic mass is 9.80. The highest BCUT2D eigenvalue weighted by molar-refractivity contribution is 5.46. The third-order valence-corrected chi connectivity index (χ3v) is 5.00. The van der Waals surface area contributed by atoms with Gasteiger partial charge in [0.25, 0.3) is 0 Å². The third-order valence-electron chi connectivity index (χ3n) is 5.00. The van der Waals surface area contributed by atoms with E-state index in [9.17, 15) is 0 Å². The summed E-state index contributed by atoms with van der Waals surface area (Å²) in [6, 6.07) is 18.7. The minimum atomic E-state index is 0.561. The van der Waals surface area contributed by atoms with Crippen molar-refractivity contribution in [2.45, 2.75) is 31.7 Å². The molecular weight excluding hydrogens is 242 g/mol. The standard InChI is InChI=1S/C19H21N/c1-13-6-4-7-14(12-13)18-15-8-2-3-9-16(15)19-17(18)10-5-11-20-19/h2-4,6-9,12,17-20H,5,10-11H2,1H3/t17-,18+,19+/m1/s1. The van der Waals surface area contributed by atoms with Gasteiger partial charge in [-0.05, 0) is 48.9 Å². The molecule has 0 saturated carbocycles. The van der Waals surface area contributed by atoms with Crippen LogP contribution in [0.1, 0.15) is 47.1 Å². The number of hydrogen-bond donors (Lipinski definition) is 1. The van der Waals surface area contributed by atoms with Crippen LogP contribution in [0.2, 0.25) is 0 Å². The molecule has 1 N–H and O–H groups in total. The highest BCUT2D eigenvalue weighted by atomic mass is 14.9. The molecule has 0 spiro atoms. The summed E-state index contributed by atoms with van der Waals surface area (Å²) in [4.78, 5) is 0. The Morgan fingerprint density at radius 3 is 2.70 bits per heavy atom. The fraction of sp³-hybridized carbons (Fsp3) is 0.368. The van der Waals surface area contributed by atoms with Gasteiger partial charge < -0.3 is 5.32 Å². The van der Waals surface area contributed by atoms with Gasteiger partial charge in [0.2, 0.25) is 0 Å².